The van der Waals surface area contributed by atoms with Crippen LogP contribution < -0.4 is 5.32 Å². The van der Waals surface area contributed by atoms with Crippen LogP contribution in [0.4, 0.5) is 5.69 Å². The van der Waals surface area contributed by atoms with Crippen LogP contribution in [0.2, 0.25) is 0 Å². The number of carbonyl (C=O) groups is 1. The molecule has 1 N–H and O–H groups in total. The highest BCUT2D eigenvalue weighted by atomic mass is 127. The molecule has 2 aromatic carbocycles. The Morgan fingerprint density at radius 1 is 1.11 bits per heavy atom. The molecule has 4 aromatic rings. The summed E-state index contributed by atoms with van der Waals surface area (Å²) in [6.07, 6.45) is 0.446. The van der Waals surface area contributed by atoms with Crippen LogP contribution in [0, 0.1) is 3.57 Å². The van der Waals surface area contributed by atoms with Crippen LogP contribution >= 0.6 is 33.9 Å². The van der Waals surface area contributed by atoms with E-state index in [4.69, 9.17) is 4.52 Å². The number of thiophene rings is 1. The van der Waals surface area contributed by atoms with E-state index in [1.807, 2.05) is 60.0 Å². The molecule has 0 bridgehead atoms. The van der Waals surface area contributed by atoms with Gasteiger partial charge >= 0.3 is 0 Å². The van der Waals surface area contributed by atoms with E-state index in [0.29, 0.717) is 23.7 Å². The first kappa shape index (κ1) is 17.9. The number of nitrogens with zero attached hydrogens (tertiary/aromatic N) is 2. The van der Waals surface area contributed by atoms with Gasteiger partial charge in [0.05, 0.1) is 11.3 Å². The smallest absolute Gasteiger partial charge is 0.255 e. The first-order valence-corrected chi connectivity index (χ1v) is 10.2. The highest BCUT2D eigenvalue weighted by Crippen LogP contribution is 2.24. The third kappa shape index (κ3) is 4.25. The second kappa shape index (κ2) is 8.01. The van der Waals surface area contributed by atoms with Gasteiger partial charge in [0.1, 0.15) is 0 Å². The summed E-state index contributed by atoms with van der Waals surface area (Å²) in [5.41, 5.74) is 2.27. The number of para-hydroxylation sites is 1. The zero-order chi connectivity index (χ0) is 18.6. The van der Waals surface area contributed by atoms with Crippen molar-refractivity contribution in [3.05, 3.63) is 86.6 Å². The second-order valence-corrected chi connectivity index (χ2v) is 7.98. The predicted molar refractivity (Wildman–Crippen MR) is 114 cm³/mol. The first-order chi connectivity index (χ1) is 13.2. The summed E-state index contributed by atoms with van der Waals surface area (Å²) in [4.78, 5) is 18.0. The predicted octanol–water partition coefficient (Wildman–Crippen LogP) is 5.25. The number of halogens is 1. The van der Waals surface area contributed by atoms with Crippen molar-refractivity contribution < 1.29 is 9.32 Å². The number of benzene rings is 2. The molecular formula is C20H14IN3O2S. The summed E-state index contributed by atoms with van der Waals surface area (Å²) in [7, 11) is 0. The molecule has 0 atom stereocenters. The number of nitrogens with one attached hydrogen (secondary N) is 1. The molecule has 0 unspecified atom stereocenters. The van der Waals surface area contributed by atoms with Gasteiger partial charge in [-0.25, -0.2) is 0 Å². The minimum Gasteiger partial charge on any atom is -0.339 e. The number of aromatic nitrogens is 2. The highest BCUT2D eigenvalue weighted by Gasteiger charge is 2.14. The Balaban J connectivity index is 1.54. The van der Waals surface area contributed by atoms with Crippen LogP contribution in [-0.2, 0) is 6.42 Å². The van der Waals surface area contributed by atoms with E-state index in [9.17, 15) is 4.79 Å². The number of hydrogen-bond acceptors (Lipinski definition) is 5. The van der Waals surface area contributed by atoms with Crippen molar-refractivity contribution >= 4 is 45.5 Å². The fourth-order valence-corrected chi connectivity index (χ4v) is 3.81. The Morgan fingerprint density at radius 2 is 2.00 bits per heavy atom. The molecule has 0 spiro atoms. The van der Waals surface area contributed by atoms with Gasteiger partial charge < -0.3 is 9.84 Å². The van der Waals surface area contributed by atoms with Crippen molar-refractivity contribution in [3.8, 4) is 10.7 Å². The zero-order valence-electron chi connectivity index (χ0n) is 14.1. The van der Waals surface area contributed by atoms with Crippen LogP contribution in [-0.4, -0.2) is 16.0 Å². The number of hydrogen-bond donors (Lipinski definition) is 1. The lowest BCUT2D eigenvalue weighted by molar-refractivity contribution is 0.102. The molecule has 4 rings (SSSR count). The van der Waals surface area contributed by atoms with Crippen molar-refractivity contribution in [2.45, 2.75) is 6.42 Å². The number of anilines is 1. The lowest BCUT2D eigenvalue weighted by Crippen LogP contribution is -2.13. The quantitative estimate of drug-likeness (QED) is 0.391. The Morgan fingerprint density at radius 3 is 2.81 bits per heavy atom. The maximum absolute atomic E-state index is 12.6. The minimum atomic E-state index is -0.147. The summed E-state index contributed by atoms with van der Waals surface area (Å²) < 4.78 is 6.40. The second-order valence-electron chi connectivity index (χ2n) is 5.79. The number of carbonyl (C=O) groups excluding carboxylic acids is 1. The molecule has 0 fully saturated rings. The molecule has 27 heavy (non-hydrogen) atoms. The van der Waals surface area contributed by atoms with Gasteiger partial charge in [-0.1, -0.05) is 35.5 Å². The van der Waals surface area contributed by atoms with Gasteiger partial charge in [-0.2, -0.15) is 4.98 Å². The van der Waals surface area contributed by atoms with E-state index < -0.39 is 0 Å². The van der Waals surface area contributed by atoms with E-state index in [-0.39, 0.29) is 5.91 Å². The van der Waals surface area contributed by atoms with E-state index in [1.54, 1.807) is 17.4 Å². The Kier molecular flexibility index (Phi) is 5.30. The maximum Gasteiger partial charge on any atom is 0.255 e. The molecule has 0 radical (unpaired) electrons. The third-order valence-electron chi connectivity index (χ3n) is 3.90. The molecule has 0 aliphatic carbocycles. The van der Waals surface area contributed by atoms with Gasteiger partial charge in [0.2, 0.25) is 11.7 Å². The summed E-state index contributed by atoms with van der Waals surface area (Å²) in [6.45, 7) is 0. The van der Waals surface area contributed by atoms with Crippen LogP contribution in [0.15, 0.2) is 70.6 Å². The summed E-state index contributed by atoms with van der Waals surface area (Å²) in [6, 6.07) is 19.0. The molecule has 1 amide bonds. The van der Waals surface area contributed by atoms with Crippen LogP contribution in [0.5, 0.6) is 0 Å². The van der Waals surface area contributed by atoms with E-state index >= 15 is 0 Å². The van der Waals surface area contributed by atoms with Gasteiger partial charge in [-0.05, 0) is 63.9 Å². The summed E-state index contributed by atoms with van der Waals surface area (Å²) >= 11 is 3.75. The topological polar surface area (TPSA) is 68.0 Å². The molecule has 2 aromatic heterocycles. The third-order valence-corrected chi connectivity index (χ3v) is 5.44. The average Bonchev–Trinajstić information content (AvgIpc) is 3.35. The first-order valence-electron chi connectivity index (χ1n) is 8.20. The van der Waals surface area contributed by atoms with Gasteiger partial charge in [-0.3, -0.25) is 4.79 Å². The average molecular weight is 487 g/mol. The lowest BCUT2D eigenvalue weighted by atomic mass is 10.1. The van der Waals surface area contributed by atoms with Crippen molar-refractivity contribution in [1.82, 2.24) is 10.1 Å². The standard InChI is InChI=1S/C20H14IN3O2S/c21-15-7-3-6-14(11-15)20(25)22-16-8-2-1-5-13(16)12-18-23-19(24-26-18)17-9-4-10-27-17/h1-11H,12H2,(H,22,25). The van der Waals surface area contributed by atoms with E-state index in [1.165, 1.54) is 0 Å². The van der Waals surface area contributed by atoms with Crippen LogP contribution in [0.3, 0.4) is 0 Å². The van der Waals surface area contributed by atoms with Gasteiger partial charge in [0.15, 0.2) is 0 Å². The molecule has 134 valence electrons. The number of rotatable bonds is 5. The molecule has 7 heteroatoms. The normalized spacial score (nSPS) is 10.7. The molecule has 0 saturated carbocycles. The minimum absolute atomic E-state index is 0.147. The number of amides is 1. The molecule has 0 saturated heterocycles. The van der Waals surface area contributed by atoms with Crippen molar-refractivity contribution in [1.29, 1.82) is 0 Å². The van der Waals surface area contributed by atoms with Crippen molar-refractivity contribution in [3.63, 3.8) is 0 Å². The fourth-order valence-electron chi connectivity index (χ4n) is 2.62. The maximum atomic E-state index is 12.6. The highest BCUT2D eigenvalue weighted by molar-refractivity contribution is 14.1. The Hall–Kier alpha value is -2.52. The van der Waals surface area contributed by atoms with Gasteiger partial charge in [0, 0.05) is 14.8 Å². The monoisotopic (exact) mass is 487 g/mol. The van der Waals surface area contributed by atoms with E-state index in [2.05, 4.69) is 38.0 Å². The SMILES string of the molecule is O=C(Nc1ccccc1Cc1nc(-c2cccs2)no1)c1cccc(I)c1. The largest absolute Gasteiger partial charge is 0.339 e. The molecule has 0 aliphatic heterocycles. The van der Waals surface area contributed by atoms with Crippen molar-refractivity contribution in [2.24, 2.45) is 0 Å². The molecule has 2 heterocycles. The zero-order valence-corrected chi connectivity index (χ0v) is 17.0. The van der Waals surface area contributed by atoms with Crippen LogP contribution in [0.25, 0.3) is 10.7 Å². The molecule has 0 aliphatic rings. The fraction of sp³-hybridized carbons (Fsp3) is 0.0500. The molecular weight excluding hydrogens is 473 g/mol. The van der Waals surface area contributed by atoms with Crippen LogP contribution in [0.1, 0.15) is 21.8 Å². The van der Waals surface area contributed by atoms with Gasteiger partial charge in [0.25, 0.3) is 5.91 Å². The van der Waals surface area contributed by atoms with E-state index in [0.717, 1.165) is 19.7 Å². The Labute approximate surface area is 173 Å². The van der Waals surface area contributed by atoms with Gasteiger partial charge in [-0.15, -0.1) is 11.3 Å². The van der Waals surface area contributed by atoms with Crippen molar-refractivity contribution in [2.75, 3.05) is 5.32 Å². The lowest BCUT2D eigenvalue weighted by Gasteiger charge is -2.10. The molecule has 5 nitrogen and oxygen atoms in total. The summed E-state index contributed by atoms with van der Waals surface area (Å²) in [5, 5.41) is 8.99. The Bertz CT molecular complexity index is 1080. The summed E-state index contributed by atoms with van der Waals surface area (Å²) in [5.74, 6) is 0.945.